The molecule has 0 aliphatic carbocycles. The van der Waals surface area contributed by atoms with Crippen LogP contribution in [-0.4, -0.2) is 21.8 Å². The highest BCUT2D eigenvalue weighted by atomic mass is 28.3. The van der Waals surface area contributed by atoms with Crippen molar-refractivity contribution < 1.29 is 0 Å². The first-order chi connectivity index (χ1) is 40.7. The van der Waals surface area contributed by atoms with Crippen molar-refractivity contribution >= 4 is 94.2 Å². The summed E-state index contributed by atoms with van der Waals surface area (Å²) >= 11 is 0. The van der Waals surface area contributed by atoms with E-state index in [-0.39, 0.29) is 0 Å². The van der Waals surface area contributed by atoms with Gasteiger partial charge in [0.1, 0.15) is 0 Å². The van der Waals surface area contributed by atoms with Crippen molar-refractivity contribution in [3.8, 4) is 50.4 Å². The molecule has 0 unspecified atom stereocenters. The molecule has 13 aromatic carbocycles. The first-order valence-corrected chi connectivity index (χ1v) is 30.3. The fourth-order valence-corrected chi connectivity index (χ4v) is 18.3. The van der Waals surface area contributed by atoms with Gasteiger partial charge in [-0.25, -0.2) is 0 Å². The number of hydrogen-bond acceptors (Lipinski definition) is 0. The van der Waals surface area contributed by atoms with Crippen LogP contribution in [0.1, 0.15) is 0 Å². The molecule has 0 spiro atoms. The van der Waals surface area contributed by atoms with Crippen LogP contribution in [-0.2, 0) is 0 Å². The van der Waals surface area contributed by atoms with Gasteiger partial charge < -0.3 is 13.7 Å². The minimum absolute atomic E-state index is 1.09. The lowest BCUT2D eigenvalue weighted by Gasteiger charge is -2.35. The maximum Gasteiger partial charge on any atom is 0.179 e. The van der Waals surface area contributed by atoms with Crippen molar-refractivity contribution in [1.29, 1.82) is 0 Å². The molecule has 384 valence electrons. The lowest BCUT2D eigenvalue weighted by atomic mass is 9.99. The lowest BCUT2D eigenvalue weighted by molar-refractivity contribution is 1.13. The highest BCUT2D eigenvalue weighted by Gasteiger charge is 2.42. The van der Waals surface area contributed by atoms with Gasteiger partial charge >= 0.3 is 0 Å². The maximum atomic E-state index is 2.50. The smallest absolute Gasteiger partial charge is 0.179 e. The molecule has 0 saturated carbocycles. The highest BCUT2D eigenvalue weighted by molar-refractivity contribution is 7.20. The summed E-state index contributed by atoms with van der Waals surface area (Å²) in [6, 6.07) is 120. The van der Waals surface area contributed by atoms with E-state index in [1.54, 1.807) is 0 Å². The molecule has 0 amide bonds. The molecule has 4 heteroatoms. The number of hydrogen-bond donors (Lipinski definition) is 0. The molecule has 0 N–H and O–H groups in total. The van der Waals surface area contributed by atoms with Crippen LogP contribution in [0.25, 0.3) is 116 Å². The Labute approximate surface area is 477 Å². The second-order valence-corrected chi connectivity index (χ2v) is 25.4. The van der Waals surface area contributed by atoms with Crippen LogP contribution < -0.4 is 20.7 Å². The van der Waals surface area contributed by atoms with E-state index in [4.69, 9.17) is 0 Å². The zero-order valence-corrected chi connectivity index (χ0v) is 45.9. The predicted octanol–water partition coefficient (Wildman–Crippen LogP) is 17.4. The van der Waals surface area contributed by atoms with Gasteiger partial charge in [-0.2, -0.15) is 0 Å². The van der Waals surface area contributed by atoms with E-state index in [2.05, 4.69) is 335 Å². The molecule has 0 saturated heterocycles. The van der Waals surface area contributed by atoms with Crippen molar-refractivity contribution in [1.82, 2.24) is 13.7 Å². The summed E-state index contributed by atoms with van der Waals surface area (Å²) in [5.74, 6) is 0. The van der Waals surface area contributed by atoms with E-state index in [9.17, 15) is 0 Å². The van der Waals surface area contributed by atoms with Gasteiger partial charge in [0, 0.05) is 49.4 Å². The third kappa shape index (κ3) is 7.57. The number of benzene rings is 13. The minimum atomic E-state index is -3.06. The zero-order chi connectivity index (χ0) is 54.1. The summed E-state index contributed by atoms with van der Waals surface area (Å²) in [5, 5.41) is 12.7. The van der Waals surface area contributed by atoms with Crippen LogP contribution in [0.3, 0.4) is 0 Å². The van der Waals surface area contributed by atoms with E-state index < -0.39 is 8.07 Å². The van der Waals surface area contributed by atoms with Gasteiger partial charge in [0.15, 0.2) is 8.07 Å². The molecule has 3 aromatic heterocycles. The molecule has 0 bridgehead atoms. The monoisotopic (exact) mass is 1060 g/mol. The largest absolute Gasteiger partial charge is 0.309 e. The van der Waals surface area contributed by atoms with Crippen LogP contribution in [0.4, 0.5) is 0 Å². The Kier molecular flexibility index (Phi) is 11.2. The van der Waals surface area contributed by atoms with Gasteiger partial charge in [0.2, 0.25) is 0 Å². The Morgan fingerprint density at radius 1 is 0.171 bits per heavy atom. The van der Waals surface area contributed by atoms with Gasteiger partial charge in [-0.05, 0) is 121 Å². The van der Waals surface area contributed by atoms with Crippen molar-refractivity contribution in [2.24, 2.45) is 0 Å². The van der Waals surface area contributed by atoms with Crippen LogP contribution in [0, 0.1) is 0 Å². The Hall–Kier alpha value is -10.5. The van der Waals surface area contributed by atoms with E-state index in [1.165, 1.54) is 97.4 Å². The number of para-hydroxylation sites is 5. The molecule has 3 heterocycles. The van der Waals surface area contributed by atoms with Crippen LogP contribution in [0.2, 0.25) is 0 Å². The maximum absolute atomic E-state index is 3.06. The quantitative estimate of drug-likeness (QED) is 0.0958. The molecule has 0 aliphatic rings. The molecular formula is C78H53N3Si. The van der Waals surface area contributed by atoms with Crippen molar-refractivity contribution in [3.05, 3.63) is 322 Å². The van der Waals surface area contributed by atoms with E-state index in [1.807, 2.05) is 0 Å². The van der Waals surface area contributed by atoms with Gasteiger partial charge in [-0.3, -0.25) is 0 Å². The van der Waals surface area contributed by atoms with Crippen LogP contribution in [0.15, 0.2) is 322 Å². The van der Waals surface area contributed by atoms with E-state index >= 15 is 0 Å². The number of rotatable bonds is 10. The summed E-state index contributed by atoms with van der Waals surface area (Å²) in [7, 11) is -3.06. The van der Waals surface area contributed by atoms with Crippen LogP contribution >= 0.6 is 0 Å². The van der Waals surface area contributed by atoms with Crippen molar-refractivity contribution in [2.45, 2.75) is 0 Å². The molecule has 82 heavy (non-hydrogen) atoms. The number of fused-ring (bicyclic) bond motifs is 9. The Morgan fingerprint density at radius 3 is 0.915 bits per heavy atom. The molecule has 3 nitrogen and oxygen atoms in total. The second kappa shape index (κ2) is 19.4. The summed E-state index contributed by atoms with van der Waals surface area (Å²) in [5.41, 5.74) is 17.4. The topological polar surface area (TPSA) is 14.8 Å². The molecule has 0 atom stereocenters. The molecule has 0 radical (unpaired) electrons. The fourth-order valence-electron chi connectivity index (χ4n) is 13.5. The molecule has 0 aliphatic heterocycles. The van der Waals surface area contributed by atoms with Crippen LogP contribution in [0.5, 0.6) is 0 Å². The van der Waals surface area contributed by atoms with Crippen molar-refractivity contribution in [2.75, 3.05) is 0 Å². The number of aromatic nitrogens is 3. The van der Waals surface area contributed by atoms with Gasteiger partial charge in [-0.1, -0.05) is 255 Å². The van der Waals surface area contributed by atoms with E-state index in [0.717, 1.165) is 39.2 Å². The Balaban J connectivity index is 0.946. The fraction of sp³-hybridized carbons (Fsp3) is 0. The van der Waals surface area contributed by atoms with Gasteiger partial charge in [-0.15, -0.1) is 0 Å². The molecule has 16 rings (SSSR count). The predicted molar refractivity (Wildman–Crippen MR) is 349 cm³/mol. The van der Waals surface area contributed by atoms with E-state index in [0.29, 0.717) is 0 Å². The summed E-state index contributed by atoms with van der Waals surface area (Å²) in [6.07, 6.45) is 0. The lowest BCUT2D eigenvalue weighted by Crippen LogP contribution is -2.74. The summed E-state index contributed by atoms with van der Waals surface area (Å²) in [6.45, 7) is 0. The average molecular weight is 1060 g/mol. The first kappa shape index (κ1) is 47.5. The summed E-state index contributed by atoms with van der Waals surface area (Å²) in [4.78, 5) is 0. The number of nitrogens with zero attached hydrogens (tertiary/aromatic N) is 3. The molecule has 16 aromatic rings. The summed E-state index contributed by atoms with van der Waals surface area (Å²) < 4.78 is 7.41. The Morgan fingerprint density at radius 2 is 0.488 bits per heavy atom. The highest BCUT2D eigenvalue weighted by Crippen LogP contribution is 2.40. The first-order valence-electron chi connectivity index (χ1n) is 28.3. The third-order valence-corrected chi connectivity index (χ3v) is 21.9. The van der Waals surface area contributed by atoms with Gasteiger partial charge in [0.05, 0.1) is 33.1 Å². The normalized spacial score (nSPS) is 11.9. The molecular weight excluding hydrogens is 1010 g/mol. The Bertz CT molecular complexity index is 4870. The second-order valence-electron chi connectivity index (χ2n) is 21.6. The SMILES string of the molecule is c1ccc(-c2cc(-c3ccccc3)cc([Si](c3ccccc3)(c3ccccc3)c3ccc(-c4cc(-n5c6ccccc6c6ccccc65)cc(-n5c6ccccc6c6ccc(-n7c8ccccc8c8ccccc87)cc65)c4)cc3)c2)cc1. The standard InChI is InChI=1S/C78H53N3Si/c1-5-23-54(24-6-1)57-47-58(55-25-7-2-8-26-55)51-66(50-57)82(63-27-9-3-10-28-63,64-29-11-4-12-30-64)65-44-41-56(42-45-65)59-48-61(80-75-38-20-15-33-69(75)70-34-16-21-39-76(70)80)52-62(49-59)81-77-40-22-17-35-71(77)72-46-43-60(53-78(72)81)79-73-36-18-13-31-67(73)68-32-14-19-37-74(68)79/h1-53H. The van der Waals surface area contributed by atoms with Gasteiger partial charge in [0.25, 0.3) is 0 Å². The third-order valence-electron chi connectivity index (χ3n) is 17.1. The molecule has 0 fully saturated rings. The zero-order valence-electron chi connectivity index (χ0n) is 44.9. The minimum Gasteiger partial charge on any atom is -0.309 e. The van der Waals surface area contributed by atoms with Crippen molar-refractivity contribution in [3.63, 3.8) is 0 Å². The average Bonchev–Trinajstić information content (AvgIpc) is 4.35.